The van der Waals surface area contributed by atoms with Crippen LogP contribution in [-0.2, 0) is 9.59 Å². The maximum absolute atomic E-state index is 12.3. The Kier molecular flexibility index (Phi) is 6.00. The fraction of sp³-hybridized carbons (Fsp3) is 0.150. The number of aliphatic imine (C=N–C) groups is 1. The van der Waals surface area contributed by atoms with Crippen LogP contribution in [0.3, 0.4) is 0 Å². The molecule has 2 aromatic carbocycles. The summed E-state index contributed by atoms with van der Waals surface area (Å²) >= 11 is 1.25. The van der Waals surface area contributed by atoms with Crippen LogP contribution in [0.4, 0.5) is 11.4 Å². The Morgan fingerprint density at radius 2 is 1.89 bits per heavy atom. The fourth-order valence-corrected chi connectivity index (χ4v) is 3.33. The van der Waals surface area contributed by atoms with E-state index in [2.05, 4.69) is 15.6 Å². The summed E-state index contributed by atoms with van der Waals surface area (Å²) in [6.07, 6.45) is 1.75. The van der Waals surface area contributed by atoms with Gasteiger partial charge in [0.2, 0.25) is 5.91 Å². The van der Waals surface area contributed by atoms with Crippen molar-refractivity contribution in [3.8, 4) is 11.5 Å². The number of benzene rings is 2. The van der Waals surface area contributed by atoms with E-state index in [1.165, 1.54) is 18.7 Å². The van der Waals surface area contributed by atoms with Gasteiger partial charge in [0.1, 0.15) is 11.5 Å². The van der Waals surface area contributed by atoms with Gasteiger partial charge in [-0.2, -0.15) is 0 Å². The van der Waals surface area contributed by atoms with Crippen molar-refractivity contribution in [1.82, 2.24) is 5.32 Å². The molecule has 1 heterocycles. The van der Waals surface area contributed by atoms with Crippen LogP contribution >= 0.6 is 11.8 Å². The lowest BCUT2D eigenvalue weighted by atomic mass is 10.1. The quantitative estimate of drug-likeness (QED) is 0.753. The van der Waals surface area contributed by atoms with E-state index >= 15 is 0 Å². The van der Waals surface area contributed by atoms with Gasteiger partial charge in [-0.05, 0) is 54.2 Å². The molecule has 3 rings (SSSR count). The molecule has 1 aliphatic heterocycles. The van der Waals surface area contributed by atoms with Gasteiger partial charge >= 0.3 is 0 Å². The van der Waals surface area contributed by atoms with Gasteiger partial charge in [0.05, 0.1) is 24.8 Å². The molecule has 0 aromatic heterocycles. The maximum atomic E-state index is 12.3. The zero-order chi connectivity index (χ0) is 20.1. The number of amidine groups is 1. The molecule has 2 aromatic rings. The highest BCUT2D eigenvalue weighted by molar-refractivity contribution is 8.18. The number of hydrogen-bond acceptors (Lipinski definition) is 6. The molecular formula is C20H19N3O4S. The van der Waals surface area contributed by atoms with Crippen molar-refractivity contribution in [2.45, 2.75) is 6.92 Å². The molecule has 1 saturated heterocycles. The van der Waals surface area contributed by atoms with E-state index in [0.29, 0.717) is 32.9 Å². The molecule has 0 atom stereocenters. The highest BCUT2D eigenvalue weighted by Crippen LogP contribution is 2.32. The summed E-state index contributed by atoms with van der Waals surface area (Å²) in [6.45, 7) is 1.45. The van der Waals surface area contributed by atoms with Gasteiger partial charge < -0.3 is 20.1 Å². The molecule has 0 saturated carbocycles. The zero-order valence-electron chi connectivity index (χ0n) is 15.6. The predicted molar refractivity (Wildman–Crippen MR) is 111 cm³/mol. The first kappa shape index (κ1) is 19.5. The van der Waals surface area contributed by atoms with E-state index in [4.69, 9.17) is 9.47 Å². The number of hydrogen-bond donors (Lipinski definition) is 2. The van der Waals surface area contributed by atoms with Crippen molar-refractivity contribution in [1.29, 1.82) is 0 Å². The SMILES string of the molecule is COc1ccc(C=C2SC(=Nc3ccc(NC(C)=O)cc3)NC2=O)c(OC)c1. The van der Waals surface area contributed by atoms with Crippen molar-refractivity contribution >= 4 is 46.2 Å². The fourth-order valence-electron chi connectivity index (χ4n) is 2.50. The molecule has 1 aliphatic rings. The van der Waals surface area contributed by atoms with Crippen molar-refractivity contribution in [2.24, 2.45) is 4.99 Å². The van der Waals surface area contributed by atoms with E-state index in [9.17, 15) is 9.59 Å². The Hall–Kier alpha value is -3.26. The summed E-state index contributed by atoms with van der Waals surface area (Å²) in [6, 6.07) is 12.4. The summed E-state index contributed by atoms with van der Waals surface area (Å²) in [5.41, 5.74) is 2.12. The molecule has 0 spiro atoms. The lowest BCUT2D eigenvalue weighted by Crippen LogP contribution is -2.19. The largest absolute Gasteiger partial charge is 0.497 e. The normalized spacial score (nSPS) is 16.2. The molecule has 1 fully saturated rings. The lowest BCUT2D eigenvalue weighted by molar-refractivity contribution is -0.115. The monoisotopic (exact) mass is 397 g/mol. The van der Waals surface area contributed by atoms with Crippen molar-refractivity contribution in [3.05, 3.63) is 52.9 Å². The maximum Gasteiger partial charge on any atom is 0.264 e. The number of ether oxygens (including phenoxy) is 2. The summed E-state index contributed by atoms with van der Waals surface area (Å²) in [7, 11) is 3.15. The van der Waals surface area contributed by atoms with E-state index in [-0.39, 0.29) is 11.8 Å². The van der Waals surface area contributed by atoms with Gasteiger partial charge in [-0.15, -0.1) is 0 Å². The third-order valence-electron chi connectivity index (χ3n) is 3.80. The number of thioether (sulfide) groups is 1. The van der Waals surface area contributed by atoms with Gasteiger partial charge in [-0.3, -0.25) is 9.59 Å². The molecule has 28 heavy (non-hydrogen) atoms. The molecule has 144 valence electrons. The van der Waals surface area contributed by atoms with Crippen LogP contribution in [0.5, 0.6) is 11.5 Å². The number of amides is 2. The second kappa shape index (κ2) is 8.62. The van der Waals surface area contributed by atoms with Gasteiger partial charge in [0.15, 0.2) is 5.17 Å². The Morgan fingerprint density at radius 1 is 1.14 bits per heavy atom. The minimum absolute atomic E-state index is 0.138. The molecule has 0 unspecified atom stereocenters. The molecule has 8 heteroatoms. The van der Waals surface area contributed by atoms with Crippen LogP contribution in [-0.4, -0.2) is 31.2 Å². The Bertz CT molecular complexity index is 968. The van der Waals surface area contributed by atoms with Gasteiger partial charge in [0, 0.05) is 24.2 Å². The number of nitrogens with one attached hydrogen (secondary N) is 2. The molecule has 2 N–H and O–H groups in total. The first-order valence-corrected chi connectivity index (χ1v) is 9.19. The molecule has 0 aliphatic carbocycles. The van der Waals surface area contributed by atoms with Crippen LogP contribution in [0.1, 0.15) is 12.5 Å². The number of methoxy groups -OCH3 is 2. The third kappa shape index (κ3) is 4.72. The third-order valence-corrected chi connectivity index (χ3v) is 4.71. The molecule has 2 amide bonds. The van der Waals surface area contributed by atoms with Gasteiger partial charge in [-0.1, -0.05) is 0 Å². The highest BCUT2D eigenvalue weighted by Gasteiger charge is 2.24. The number of anilines is 1. The number of rotatable bonds is 5. The van der Waals surface area contributed by atoms with Crippen molar-refractivity contribution < 1.29 is 19.1 Å². The lowest BCUT2D eigenvalue weighted by Gasteiger charge is -2.07. The molecular weight excluding hydrogens is 378 g/mol. The minimum atomic E-state index is -0.225. The summed E-state index contributed by atoms with van der Waals surface area (Å²) in [5.74, 6) is 0.921. The first-order valence-electron chi connectivity index (χ1n) is 8.38. The standard InChI is InChI=1S/C20H19N3O4S/c1-12(24)21-14-5-7-15(8-6-14)22-20-23-19(25)18(28-20)10-13-4-9-16(26-2)11-17(13)27-3/h4-11H,1-3H3,(H,21,24)(H,22,23,25). The van der Waals surface area contributed by atoms with E-state index in [1.807, 2.05) is 6.07 Å². The summed E-state index contributed by atoms with van der Waals surface area (Å²) in [4.78, 5) is 28.3. The Balaban J connectivity index is 1.79. The van der Waals surface area contributed by atoms with Crippen molar-refractivity contribution in [2.75, 3.05) is 19.5 Å². The van der Waals surface area contributed by atoms with Crippen LogP contribution in [0.25, 0.3) is 6.08 Å². The Labute approximate surface area is 166 Å². The highest BCUT2D eigenvalue weighted by atomic mass is 32.2. The minimum Gasteiger partial charge on any atom is -0.497 e. The van der Waals surface area contributed by atoms with Crippen LogP contribution in [0.2, 0.25) is 0 Å². The number of carbonyl (C=O) groups excluding carboxylic acids is 2. The van der Waals surface area contributed by atoms with Crippen LogP contribution in [0, 0.1) is 0 Å². The van der Waals surface area contributed by atoms with Gasteiger partial charge in [0.25, 0.3) is 5.91 Å². The topological polar surface area (TPSA) is 89.0 Å². The van der Waals surface area contributed by atoms with Crippen molar-refractivity contribution in [3.63, 3.8) is 0 Å². The van der Waals surface area contributed by atoms with Gasteiger partial charge in [-0.25, -0.2) is 4.99 Å². The summed E-state index contributed by atoms with van der Waals surface area (Å²) < 4.78 is 10.6. The molecule has 7 nitrogen and oxygen atoms in total. The molecule has 0 bridgehead atoms. The smallest absolute Gasteiger partial charge is 0.264 e. The predicted octanol–water partition coefficient (Wildman–Crippen LogP) is 3.55. The average molecular weight is 397 g/mol. The Morgan fingerprint density at radius 3 is 2.54 bits per heavy atom. The average Bonchev–Trinajstić information content (AvgIpc) is 3.02. The van der Waals surface area contributed by atoms with E-state index < -0.39 is 0 Å². The van der Waals surface area contributed by atoms with E-state index in [0.717, 1.165) is 5.56 Å². The second-order valence-electron chi connectivity index (χ2n) is 5.82. The van der Waals surface area contributed by atoms with Crippen LogP contribution in [0.15, 0.2) is 52.4 Å². The number of nitrogens with zero attached hydrogens (tertiary/aromatic N) is 1. The summed E-state index contributed by atoms with van der Waals surface area (Å²) in [5, 5.41) is 5.93. The van der Waals surface area contributed by atoms with E-state index in [1.54, 1.807) is 56.7 Å². The zero-order valence-corrected chi connectivity index (χ0v) is 16.4. The number of carbonyl (C=O) groups is 2. The second-order valence-corrected chi connectivity index (χ2v) is 6.85. The molecule has 0 radical (unpaired) electrons. The first-order chi connectivity index (χ1) is 13.5. The van der Waals surface area contributed by atoms with Crippen LogP contribution < -0.4 is 20.1 Å².